The average Bonchev–Trinajstić information content (AvgIpc) is 1.81. The third-order valence-electron chi connectivity index (χ3n) is 0.955. The van der Waals surface area contributed by atoms with Gasteiger partial charge in [0.1, 0.15) is 12.0 Å². The summed E-state index contributed by atoms with van der Waals surface area (Å²) < 4.78 is 5.06. The Morgan fingerprint density at radius 1 is 1.38 bits per heavy atom. The largest absolute Gasteiger partial charge is 0.459 e. The fourth-order valence-corrected chi connectivity index (χ4v) is 0.647. The number of esters is 1. The zero-order chi connectivity index (χ0) is 10.5. The van der Waals surface area contributed by atoms with E-state index in [4.69, 9.17) is 4.74 Å². The lowest BCUT2D eigenvalue weighted by Crippen LogP contribution is -2.23. The van der Waals surface area contributed by atoms with Gasteiger partial charge >= 0.3 is 5.97 Å². The van der Waals surface area contributed by atoms with E-state index in [0.29, 0.717) is 0 Å². The van der Waals surface area contributed by atoms with Crippen LogP contribution in [0.5, 0.6) is 0 Å². The summed E-state index contributed by atoms with van der Waals surface area (Å²) in [6.07, 6.45) is 0.148. The first-order valence-electron chi connectivity index (χ1n) is 4.19. The van der Waals surface area contributed by atoms with Gasteiger partial charge in [-0.25, -0.2) is 0 Å². The molecular formula is C10H17NO2. The van der Waals surface area contributed by atoms with Gasteiger partial charge in [-0.05, 0) is 20.8 Å². The van der Waals surface area contributed by atoms with Gasteiger partial charge < -0.3 is 9.64 Å². The van der Waals surface area contributed by atoms with Gasteiger partial charge in [0.05, 0.1) is 0 Å². The highest BCUT2D eigenvalue weighted by molar-refractivity contribution is 5.72. The molecule has 0 aromatic heterocycles. The fourth-order valence-electron chi connectivity index (χ4n) is 0.647. The molecule has 13 heavy (non-hydrogen) atoms. The molecule has 74 valence electrons. The molecule has 3 heteroatoms. The molecule has 0 aromatic rings. The van der Waals surface area contributed by atoms with Crippen molar-refractivity contribution in [3.05, 3.63) is 0 Å². The molecule has 0 saturated heterocycles. The molecule has 0 N–H and O–H groups in total. The molecule has 0 spiro atoms. The molecule has 0 aliphatic carbocycles. The van der Waals surface area contributed by atoms with Crippen molar-refractivity contribution >= 4 is 5.97 Å². The fraction of sp³-hybridized carbons (Fsp3) is 0.700. The molecule has 0 aliphatic rings. The van der Waals surface area contributed by atoms with Crippen LogP contribution >= 0.6 is 0 Å². The summed E-state index contributed by atoms with van der Waals surface area (Å²) >= 11 is 0. The van der Waals surface area contributed by atoms with Crippen molar-refractivity contribution < 1.29 is 9.53 Å². The van der Waals surface area contributed by atoms with Gasteiger partial charge in [-0.2, -0.15) is 0 Å². The molecule has 0 bridgehead atoms. The van der Waals surface area contributed by atoms with Crippen LogP contribution in [-0.2, 0) is 9.53 Å². The number of ether oxygens (including phenoxy) is 1. The minimum absolute atomic E-state index is 0.148. The quantitative estimate of drug-likeness (QED) is 0.348. The van der Waals surface area contributed by atoms with E-state index in [1.165, 1.54) is 0 Å². The maximum Gasteiger partial charge on any atom is 0.318 e. The van der Waals surface area contributed by atoms with Crippen molar-refractivity contribution in [2.24, 2.45) is 0 Å². The minimum Gasteiger partial charge on any atom is -0.459 e. The third kappa shape index (κ3) is 8.74. The topological polar surface area (TPSA) is 29.5 Å². The zero-order valence-corrected chi connectivity index (χ0v) is 8.97. The SMILES string of the molecule is CN(C)C#CCC(=O)OC(C)(C)C. The number of hydrogen-bond donors (Lipinski definition) is 0. The summed E-state index contributed by atoms with van der Waals surface area (Å²) in [5.41, 5.74) is -0.420. The van der Waals surface area contributed by atoms with E-state index in [0.717, 1.165) is 0 Å². The summed E-state index contributed by atoms with van der Waals surface area (Å²) in [5.74, 6) is 2.43. The molecule has 0 rings (SSSR count). The minimum atomic E-state index is -0.420. The van der Waals surface area contributed by atoms with Crippen LogP contribution in [0.4, 0.5) is 0 Å². The molecule has 0 fully saturated rings. The first-order valence-corrected chi connectivity index (χ1v) is 4.19. The van der Waals surface area contributed by atoms with E-state index in [2.05, 4.69) is 12.0 Å². The highest BCUT2D eigenvalue weighted by Gasteiger charge is 2.14. The molecule has 0 atom stereocenters. The Labute approximate surface area is 80.1 Å². The lowest BCUT2D eigenvalue weighted by molar-refractivity contribution is -0.153. The average molecular weight is 183 g/mol. The van der Waals surface area contributed by atoms with Crippen LogP contribution in [0.3, 0.4) is 0 Å². The molecule has 0 aromatic carbocycles. The highest BCUT2D eigenvalue weighted by Crippen LogP contribution is 2.07. The summed E-state index contributed by atoms with van der Waals surface area (Å²) in [4.78, 5) is 12.8. The number of carbonyl (C=O) groups is 1. The van der Waals surface area contributed by atoms with Crippen LogP contribution < -0.4 is 0 Å². The van der Waals surface area contributed by atoms with Gasteiger partial charge in [-0.15, -0.1) is 0 Å². The van der Waals surface area contributed by atoms with Crippen LogP contribution in [-0.4, -0.2) is 30.6 Å². The van der Waals surface area contributed by atoms with Crippen LogP contribution in [0.15, 0.2) is 0 Å². The van der Waals surface area contributed by atoms with Crippen LogP contribution in [0.25, 0.3) is 0 Å². The first-order chi connectivity index (χ1) is 5.81. The van der Waals surface area contributed by atoms with Gasteiger partial charge in [0.15, 0.2) is 0 Å². The van der Waals surface area contributed by atoms with E-state index in [9.17, 15) is 4.79 Å². The van der Waals surface area contributed by atoms with Crippen molar-refractivity contribution in [2.45, 2.75) is 32.8 Å². The summed E-state index contributed by atoms with van der Waals surface area (Å²) in [5, 5.41) is 0. The van der Waals surface area contributed by atoms with Crippen LogP contribution in [0, 0.1) is 12.0 Å². The molecule has 0 aliphatic heterocycles. The zero-order valence-electron chi connectivity index (χ0n) is 8.97. The molecule has 0 amide bonds. The molecule has 0 saturated carbocycles. The Bertz CT molecular complexity index is 228. The predicted octanol–water partition coefficient (Wildman–Crippen LogP) is 1.24. The number of hydrogen-bond acceptors (Lipinski definition) is 3. The predicted molar refractivity (Wildman–Crippen MR) is 51.9 cm³/mol. The molecule has 0 heterocycles. The van der Waals surface area contributed by atoms with Crippen molar-refractivity contribution in [1.82, 2.24) is 4.90 Å². The molecule has 0 radical (unpaired) electrons. The summed E-state index contributed by atoms with van der Waals surface area (Å²) in [6, 6.07) is 2.74. The highest BCUT2D eigenvalue weighted by atomic mass is 16.6. The normalized spacial score (nSPS) is 9.92. The second-order valence-corrected chi connectivity index (χ2v) is 3.95. The third-order valence-corrected chi connectivity index (χ3v) is 0.955. The second-order valence-electron chi connectivity index (χ2n) is 3.95. The maximum atomic E-state index is 11.1. The van der Waals surface area contributed by atoms with Gasteiger partial charge in [0.25, 0.3) is 0 Å². The number of nitrogens with zero attached hydrogens (tertiary/aromatic N) is 1. The first kappa shape index (κ1) is 11.8. The summed E-state index contributed by atoms with van der Waals surface area (Å²) in [7, 11) is 3.64. The summed E-state index contributed by atoms with van der Waals surface area (Å²) in [6.45, 7) is 5.51. The van der Waals surface area contributed by atoms with Gasteiger partial charge in [-0.1, -0.05) is 5.92 Å². The van der Waals surface area contributed by atoms with Gasteiger partial charge in [-0.3, -0.25) is 4.79 Å². The van der Waals surface area contributed by atoms with E-state index >= 15 is 0 Å². The lowest BCUT2D eigenvalue weighted by Gasteiger charge is -2.18. The lowest BCUT2D eigenvalue weighted by atomic mass is 10.2. The van der Waals surface area contributed by atoms with Crippen molar-refractivity contribution in [1.29, 1.82) is 0 Å². The Morgan fingerprint density at radius 2 is 1.92 bits per heavy atom. The molecule has 0 unspecified atom stereocenters. The second kappa shape index (κ2) is 4.76. The van der Waals surface area contributed by atoms with Gasteiger partial charge in [0.2, 0.25) is 0 Å². The van der Waals surface area contributed by atoms with Crippen molar-refractivity contribution in [2.75, 3.05) is 14.1 Å². The molecule has 3 nitrogen and oxygen atoms in total. The van der Waals surface area contributed by atoms with Gasteiger partial charge in [0, 0.05) is 20.1 Å². The Kier molecular flexibility index (Phi) is 4.33. The standard InChI is InChI=1S/C10H17NO2/c1-10(2,3)13-9(12)7-6-8-11(4)5/h7H2,1-5H3. The van der Waals surface area contributed by atoms with Crippen LogP contribution in [0.1, 0.15) is 27.2 Å². The Balaban J connectivity index is 3.86. The van der Waals surface area contributed by atoms with E-state index in [1.807, 2.05) is 34.9 Å². The van der Waals surface area contributed by atoms with E-state index in [1.54, 1.807) is 4.90 Å². The van der Waals surface area contributed by atoms with Crippen LogP contribution in [0.2, 0.25) is 0 Å². The smallest absolute Gasteiger partial charge is 0.318 e. The monoisotopic (exact) mass is 183 g/mol. The molecular weight excluding hydrogens is 166 g/mol. The van der Waals surface area contributed by atoms with Crippen molar-refractivity contribution in [3.63, 3.8) is 0 Å². The maximum absolute atomic E-state index is 11.1. The van der Waals surface area contributed by atoms with E-state index in [-0.39, 0.29) is 12.4 Å². The van der Waals surface area contributed by atoms with E-state index < -0.39 is 5.60 Å². The number of rotatable bonds is 1. The Morgan fingerprint density at radius 3 is 2.31 bits per heavy atom. The number of carbonyl (C=O) groups excluding carboxylic acids is 1. The Hall–Kier alpha value is -1.17. The van der Waals surface area contributed by atoms with Crippen molar-refractivity contribution in [3.8, 4) is 12.0 Å².